The second-order valence-corrected chi connectivity index (χ2v) is 4.51. The number of H-pyrrole nitrogens is 1. The average molecular weight is 245 g/mol. The van der Waals surface area contributed by atoms with Crippen molar-refractivity contribution in [3.05, 3.63) is 23.9 Å². The van der Waals surface area contributed by atoms with Gasteiger partial charge in [-0.2, -0.15) is 0 Å². The minimum atomic E-state index is 0.0754. The van der Waals surface area contributed by atoms with Crippen LogP contribution in [0.1, 0.15) is 24.6 Å². The Morgan fingerprint density at radius 1 is 1.44 bits per heavy atom. The molecule has 5 nitrogen and oxygen atoms in total. The molecule has 5 heteroatoms. The van der Waals surface area contributed by atoms with Gasteiger partial charge in [-0.1, -0.05) is 0 Å². The molecule has 1 saturated heterocycles. The summed E-state index contributed by atoms with van der Waals surface area (Å²) < 4.78 is 5.10. The summed E-state index contributed by atoms with van der Waals surface area (Å²) in [5, 5.41) is 3.34. The highest BCUT2D eigenvalue weighted by Crippen LogP contribution is 2.24. The van der Waals surface area contributed by atoms with Gasteiger partial charge in [0.15, 0.2) is 0 Å². The third-order valence-electron chi connectivity index (χ3n) is 3.28. The van der Waals surface area contributed by atoms with Crippen molar-refractivity contribution in [3.63, 3.8) is 0 Å². The molecular weight excluding hydrogens is 230 g/mol. The number of aromatic nitrogens is 2. The van der Waals surface area contributed by atoms with Crippen LogP contribution in [-0.4, -0.2) is 29.4 Å². The van der Waals surface area contributed by atoms with Gasteiger partial charge in [-0.3, -0.25) is 4.79 Å². The van der Waals surface area contributed by atoms with Gasteiger partial charge in [-0.15, -0.1) is 0 Å². The van der Waals surface area contributed by atoms with E-state index in [2.05, 4.69) is 15.3 Å². The zero-order chi connectivity index (χ0) is 12.5. The lowest BCUT2D eigenvalue weighted by Gasteiger charge is -2.21. The SMILES string of the molecule is COc1ccc2[nH]c(C3CC(=O)CCN3)cc2n1. The lowest BCUT2D eigenvalue weighted by Crippen LogP contribution is -2.31. The summed E-state index contributed by atoms with van der Waals surface area (Å²) >= 11 is 0. The molecule has 1 aliphatic rings. The highest BCUT2D eigenvalue weighted by Gasteiger charge is 2.21. The third-order valence-corrected chi connectivity index (χ3v) is 3.28. The zero-order valence-electron chi connectivity index (χ0n) is 10.2. The molecule has 3 heterocycles. The van der Waals surface area contributed by atoms with Crippen molar-refractivity contribution in [2.45, 2.75) is 18.9 Å². The van der Waals surface area contributed by atoms with E-state index in [9.17, 15) is 4.79 Å². The molecule has 3 rings (SSSR count). The molecule has 0 saturated carbocycles. The van der Waals surface area contributed by atoms with Gasteiger partial charge in [-0.25, -0.2) is 4.98 Å². The minimum absolute atomic E-state index is 0.0754. The first-order chi connectivity index (χ1) is 8.76. The Morgan fingerprint density at radius 3 is 3.11 bits per heavy atom. The molecule has 0 aromatic carbocycles. The molecule has 1 fully saturated rings. The van der Waals surface area contributed by atoms with Crippen molar-refractivity contribution in [2.75, 3.05) is 13.7 Å². The summed E-state index contributed by atoms with van der Waals surface area (Å²) in [7, 11) is 1.60. The Hall–Kier alpha value is -1.88. The Balaban J connectivity index is 1.94. The van der Waals surface area contributed by atoms with E-state index >= 15 is 0 Å². The quantitative estimate of drug-likeness (QED) is 0.842. The predicted octanol–water partition coefficient (Wildman–Crippen LogP) is 1.57. The van der Waals surface area contributed by atoms with E-state index in [1.807, 2.05) is 18.2 Å². The van der Waals surface area contributed by atoms with Gasteiger partial charge < -0.3 is 15.0 Å². The van der Waals surface area contributed by atoms with Crippen LogP contribution < -0.4 is 10.1 Å². The predicted molar refractivity (Wildman–Crippen MR) is 67.6 cm³/mol. The maximum absolute atomic E-state index is 11.5. The van der Waals surface area contributed by atoms with E-state index in [-0.39, 0.29) is 6.04 Å². The largest absolute Gasteiger partial charge is 0.481 e. The van der Waals surface area contributed by atoms with Crippen LogP contribution in [0.4, 0.5) is 0 Å². The van der Waals surface area contributed by atoms with Gasteiger partial charge in [0.25, 0.3) is 0 Å². The smallest absolute Gasteiger partial charge is 0.213 e. The molecule has 1 atom stereocenters. The molecule has 2 aromatic rings. The number of pyridine rings is 1. The summed E-state index contributed by atoms with van der Waals surface area (Å²) in [5.41, 5.74) is 2.84. The molecular formula is C13H15N3O2. The molecule has 0 bridgehead atoms. The molecule has 0 amide bonds. The Labute approximate surface area is 105 Å². The van der Waals surface area contributed by atoms with Crippen LogP contribution >= 0.6 is 0 Å². The van der Waals surface area contributed by atoms with E-state index in [0.717, 1.165) is 23.3 Å². The number of Topliss-reactive ketones (excluding diaryl/α,β-unsaturated/α-hetero) is 1. The average Bonchev–Trinajstić information content (AvgIpc) is 2.81. The van der Waals surface area contributed by atoms with Gasteiger partial charge in [0.1, 0.15) is 5.78 Å². The number of nitrogens with zero attached hydrogens (tertiary/aromatic N) is 1. The number of carbonyl (C=O) groups is 1. The van der Waals surface area contributed by atoms with E-state index < -0.39 is 0 Å². The van der Waals surface area contributed by atoms with Crippen LogP contribution in [0.5, 0.6) is 5.88 Å². The molecule has 0 radical (unpaired) electrons. The van der Waals surface area contributed by atoms with E-state index in [0.29, 0.717) is 24.5 Å². The second kappa shape index (κ2) is 4.42. The van der Waals surface area contributed by atoms with Crippen molar-refractivity contribution in [1.82, 2.24) is 15.3 Å². The number of hydrogen-bond acceptors (Lipinski definition) is 4. The summed E-state index contributed by atoms with van der Waals surface area (Å²) in [5.74, 6) is 0.906. The summed E-state index contributed by atoms with van der Waals surface area (Å²) in [4.78, 5) is 19.1. The second-order valence-electron chi connectivity index (χ2n) is 4.51. The van der Waals surface area contributed by atoms with Gasteiger partial charge in [-0.05, 0) is 12.1 Å². The standard InChI is InChI=1S/C13H15N3O2/c1-18-13-3-2-9-11(16-13)7-12(15-9)10-6-8(17)4-5-14-10/h2-3,7,10,14-15H,4-6H2,1H3. The number of piperidine rings is 1. The maximum atomic E-state index is 11.5. The van der Waals surface area contributed by atoms with Crippen LogP contribution in [0.15, 0.2) is 18.2 Å². The van der Waals surface area contributed by atoms with Crippen LogP contribution in [0.25, 0.3) is 11.0 Å². The molecule has 0 aliphatic carbocycles. The molecule has 1 unspecified atom stereocenters. The Morgan fingerprint density at radius 2 is 2.33 bits per heavy atom. The highest BCUT2D eigenvalue weighted by molar-refractivity contribution is 5.81. The van der Waals surface area contributed by atoms with Crippen LogP contribution in [0, 0.1) is 0 Å². The molecule has 2 aromatic heterocycles. The van der Waals surface area contributed by atoms with E-state index in [1.165, 1.54) is 0 Å². The Bertz CT molecular complexity index is 591. The third kappa shape index (κ3) is 1.97. The monoisotopic (exact) mass is 245 g/mol. The van der Waals surface area contributed by atoms with E-state index in [4.69, 9.17) is 4.74 Å². The van der Waals surface area contributed by atoms with Crippen molar-refractivity contribution >= 4 is 16.8 Å². The van der Waals surface area contributed by atoms with Gasteiger partial charge >= 0.3 is 0 Å². The molecule has 18 heavy (non-hydrogen) atoms. The Kier molecular flexibility index (Phi) is 2.76. The normalized spacial score (nSPS) is 20.3. The highest BCUT2D eigenvalue weighted by atomic mass is 16.5. The van der Waals surface area contributed by atoms with Crippen LogP contribution in [0.2, 0.25) is 0 Å². The summed E-state index contributed by atoms with van der Waals surface area (Å²) in [6.07, 6.45) is 1.17. The van der Waals surface area contributed by atoms with Gasteiger partial charge in [0.2, 0.25) is 5.88 Å². The lowest BCUT2D eigenvalue weighted by atomic mass is 10.0. The maximum Gasteiger partial charge on any atom is 0.213 e. The van der Waals surface area contributed by atoms with Crippen LogP contribution in [-0.2, 0) is 4.79 Å². The topological polar surface area (TPSA) is 67.0 Å². The fourth-order valence-corrected chi connectivity index (χ4v) is 2.32. The van der Waals surface area contributed by atoms with Crippen molar-refractivity contribution < 1.29 is 9.53 Å². The van der Waals surface area contributed by atoms with Crippen molar-refractivity contribution in [1.29, 1.82) is 0 Å². The van der Waals surface area contributed by atoms with Crippen LogP contribution in [0.3, 0.4) is 0 Å². The number of rotatable bonds is 2. The molecule has 0 spiro atoms. The summed E-state index contributed by atoms with van der Waals surface area (Å²) in [6, 6.07) is 5.82. The van der Waals surface area contributed by atoms with Gasteiger partial charge in [0.05, 0.1) is 24.2 Å². The number of ether oxygens (including phenoxy) is 1. The van der Waals surface area contributed by atoms with Crippen molar-refractivity contribution in [2.24, 2.45) is 0 Å². The molecule has 2 N–H and O–H groups in total. The van der Waals surface area contributed by atoms with E-state index in [1.54, 1.807) is 7.11 Å². The minimum Gasteiger partial charge on any atom is -0.481 e. The fourth-order valence-electron chi connectivity index (χ4n) is 2.32. The number of aromatic amines is 1. The first-order valence-corrected chi connectivity index (χ1v) is 6.05. The number of hydrogen-bond donors (Lipinski definition) is 2. The molecule has 1 aliphatic heterocycles. The number of methoxy groups -OCH3 is 1. The number of ketones is 1. The number of nitrogens with one attached hydrogen (secondary N) is 2. The number of carbonyl (C=O) groups excluding carboxylic acids is 1. The fraction of sp³-hybridized carbons (Fsp3) is 0.385. The van der Waals surface area contributed by atoms with Crippen molar-refractivity contribution in [3.8, 4) is 5.88 Å². The number of fused-ring (bicyclic) bond motifs is 1. The van der Waals surface area contributed by atoms with Gasteiger partial charge in [0, 0.05) is 31.1 Å². The first kappa shape index (κ1) is 11.2. The summed E-state index contributed by atoms with van der Waals surface area (Å²) in [6.45, 7) is 0.746. The first-order valence-electron chi connectivity index (χ1n) is 6.05. The zero-order valence-corrected chi connectivity index (χ0v) is 10.2. The molecule has 94 valence electrons. The lowest BCUT2D eigenvalue weighted by molar-refractivity contribution is -0.120.